The first-order valence-corrected chi connectivity index (χ1v) is 7.65. The Bertz CT molecular complexity index is 585. The number of carbonyl (C=O) groups excluding carboxylic acids is 3. The third kappa shape index (κ3) is 4.07. The highest BCUT2D eigenvalue weighted by Crippen LogP contribution is 2.24. The van der Waals surface area contributed by atoms with Crippen LogP contribution in [-0.2, 0) is 19.1 Å². The van der Waals surface area contributed by atoms with Crippen molar-refractivity contribution in [2.45, 2.75) is 26.3 Å². The van der Waals surface area contributed by atoms with Crippen molar-refractivity contribution in [3.8, 4) is 5.75 Å². The number of esters is 1. The number of imide groups is 1. The molecule has 0 aromatic heterocycles. The van der Waals surface area contributed by atoms with Crippen molar-refractivity contribution in [1.82, 2.24) is 0 Å². The number of nitrogens with two attached hydrogens (primary N) is 1. The molecule has 0 aliphatic carbocycles. The van der Waals surface area contributed by atoms with Crippen LogP contribution in [0.5, 0.6) is 5.75 Å². The van der Waals surface area contributed by atoms with E-state index in [0.717, 1.165) is 4.90 Å². The predicted octanol–water partition coefficient (Wildman–Crippen LogP) is -0.156. The van der Waals surface area contributed by atoms with Crippen molar-refractivity contribution in [3.05, 3.63) is 24.3 Å². The molecule has 1 aromatic carbocycles. The van der Waals surface area contributed by atoms with E-state index in [9.17, 15) is 14.4 Å². The second-order valence-corrected chi connectivity index (χ2v) is 5.05. The van der Waals surface area contributed by atoms with Gasteiger partial charge in [-0.1, -0.05) is 0 Å². The molecule has 7 heteroatoms. The second kappa shape index (κ2) is 7.73. The number of hydrogen-bond donors (Lipinski definition) is 1. The lowest BCUT2D eigenvalue weighted by Gasteiger charge is -2.14. The molecule has 7 nitrogen and oxygen atoms in total. The van der Waals surface area contributed by atoms with E-state index < -0.39 is 12.0 Å². The lowest BCUT2D eigenvalue weighted by Crippen LogP contribution is -2.93. The number of carbonyl (C=O) groups is 3. The Labute approximate surface area is 134 Å². The number of rotatable bonds is 7. The van der Waals surface area contributed by atoms with E-state index in [1.54, 1.807) is 36.5 Å². The highest BCUT2D eigenvalue weighted by Gasteiger charge is 2.42. The van der Waals surface area contributed by atoms with Gasteiger partial charge in [-0.25, -0.2) is 9.69 Å². The molecule has 0 saturated carbocycles. The maximum absolute atomic E-state index is 12.4. The zero-order valence-electron chi connectivity index (χ0n) is 13.3. The third-order valence-corrected chi connectivity index (χ3v) is 3.46. The molecule has 2 amide bonds. The van der Waals surface area contributed by atoms with Crippen molar-refractivity contribution in [2.75, 3.05) is 24.7 Å². The first-order valence-electron chi connectivity index (χ1n) is 7.65. The van der Waals surface area contributed by atoms with Gasteiger partial charge in [-0.2, -0.15) is 0 Å². The maximum Gasteiger partial charge on any atom is 0.361 e. The summed E-state index contributed by atoms with van der Waals surface area (Å²) in [6.07, 6.45) is 0.0749. The Balaban J connectivity index is 2.01. The van der Waals surface area contributed by atoms with Crippen molar-refractivity contribution in [1.29, 1.82) is 0 Å². The lowest BCUT2D eigenvalue weighted by molar-refractivity contribution is -0.665. The van der Waals surface area contributed by atoms with E-state index in [-0.39, 0.29) is 24.8 Å². The zero-order chi connectivity index (χ0) is 16.8. The smallest absolute Gasteiger partial charge is 0.361 e. The standard InChI is InChI=1S/C16H20N2O5/c1-3-22-12-7-5-11(6-8-12)18-14(19)9-13(16(18)21)17-10-15(20)23-4-2/h5-8,13,17H,3-4,9-10H2,1-2H3/p+1/t13-/m0/s1. The number of anilines is 1. The highest BCUT2D eigenvalue weighted by atomic mass is 16.5. The van der Waals surface area contributed by atoms with Gasteiger partial charge in [0.1, 0.15) is 5.75 Å². The molecule has 1 fully saturated rings. The lowest BCUT2D eigenvalue weighted by atomic mass is 10.2. The normalized spacial score (nSPS) is 17.5. The van der Waals surface area contributed by atoms with Crippen LogP contribution < -0.4 is 15.0 Å². The van der Waals surface area contributed by atoms with E-state index in [4.69, 9.17) is 9.47 Å². The maximum atomic E-state index is 12.4. The number of amides is 2. The van der Waals surface area contributed by atoms with Gasteiger partial charge in [-0.15, -0.1) is 0 Å². The molecule has 124 valence electrons. The summed E-state index contributed by atoms with van der Waals surface area (Å²) in [5, 5.41) is 1.55. The fraction of sp³-hybridized carbons (Fsp3) is 0.438. The van der Waals surface area contributed by atoms with Crippen LogP contribution in [0.25, 0.3) is 0 Å². The molecule has 1 heterocycles. The second-order valence-electron chi connectivity index (χ2n) is 5.05. The van der Waals surface area contributed by atoms with Crippen molar-refractivity contribution < 1.29 is 29.2 Å². The Morgan fingerprint density at radius 3 is 2.52 bits per heavy atom. The summed E-state index contributed by atoms with van der Waals surface area (Å²) in [6, 6.07) is 6.20. The highest BCUT2D eigenvalue weighted by molar-refractivity contribution is 6.21. The molecule has 1 atom stereocenters. The van der Waals surface area contributed by atoms with Crippen LogP contribution in [0.15, 0.2) is 24.3 Å². The van der Waals surface area contributed by atoms with Gasteiger partial charge in [0.05, 0.1) is 25.3 Å². The van der Waals surface area contributed by atoms with E-state index in [0.29, 0.717) is 24.7 Å². The topological polar surface area (TPSA) is 89.5 Å². The molecule has 1 aliphatic heterocycles. The van der Waals surface area contributed by atoms with Gasteiger partial charge < -0.3 is 14.8 Å². The van der Waals surface area contributed by atoms with Gasteiger partial charge in [-0.3, -0.25) is 9.59 Å². The van der Waals surface area contributed by atoms with E-state index in [1.165, 1.54) is 0 Å². The molecule has 0 spiro atoms. The monoisotopic (exact) mass is 321 g/mol. The van der Waals surface area contributed by atoms with Gasteiger partial charge in [0.2, 0.25) is 5.91 Å². The number of nitrogens with zero attached hydrogens (tertiary/aromatic N) is 1. The largest absolute Gasteiger partial charge is 0.494 e. The summed E-state index contributed by atoms with van der Waals surface area (Å²) in [4.78, 5) is 37.0. The molecule has 1 aliphatic rings. The van der Waals surface area contributed by atoms with Crippen molar-refractivity contribution in [2.24, 2.45) is 0 Å². The minimum Gasteiger partial charge on any atom is -0.494 e. The van der Waals surface area contributed by atoms with Crippen LogP contribution in [0.1, 0.15) is 20.3 Å². The summed E-state index contributed by atoms with van der Waals surface area (Å²) in [5.41, 5.74) is 0.510. The molecule has 1 saturated heterocycles. The average molecular weight is 321 g/mol. The van der Waals surface area contributed by atoms with Crippen molar-refractivity contribution >= 4 is 23.5 Å². The first-order chi connectivity index (χ1) is 11.1. The summed E-state index contributed by atoms with van der Waals surface area (Å²) in [7, 11) is 0. The summed E-state index contributed by atoms with van der Waals surface area (Å²) in [6.45, 7) is 4.46. The molecular formula is C16H21N2O5+. The Morgan fingerprint density at radius 2 is 1.91 bits per heavy atom. The fourth-order valence-corrected chi connectivity index (χ4v) is 2.43. The Morgan fingerprint density at radius 1 is 1.22 bits per heavy atom. The minimum absolute atomic E-state index is 0.0225. The molecule has 1 aromatic rings. The van der Waals surface area contributed by atoms with Crippen LogP contribution in [0, 0.1) is 0 Å². The van der Waals surface area contributed by atoms with Crippen LogP contribution in [0.4, 0.5) is 5.69 Å². The van der Waals surface area contributed by atoms with Crippen molar-refractivity contribution in [3.63, 3.8) is 0 Å². The number of benzene rings is 1. The fourth-order valence-electron chi connectivity index (χ4n) is 2.43. The van der Waals surface area contributed by atoms with Gasteiger partial charge in [0, 0.05) is 0 Å². The van der Waals surface area contributed by atoms with Gasteiger partial charge in [0.15, 0.2) is 12.6 Å². The quantitative estimate of drug-likeness (QED) is 0.557. The first kappa shape index (κ1) is 17.0. The molecule has 0 radical (unpaired) electrons. The molecule has 0 bridgehead atoms. The van der Waals surface area contributed by atoms with Gasteiger partial charge >= 0.3 is 5.97 Å². The summed E-state index contributed by atoms with van der Waals surface area (Å²) < 4.78 is 10.2. The van der Waals surface area contributed by atoms with Crippen LogP contribution in [0.3, 0.4) is 0 Å². The summed E-state index contributed by atoms with van der Waals surface area (Å²) >= 11 is 0. The van der Waals surface area contributed by atoms with E-state index >= 15 is 0 Å². The molecule has 0 unspecified atom stereocenters. The average Bonchev–Trinajstić information content (AvgIpc) is 2.81. The zero-order valence-corrected chi connectivity index (χ0v) is 13.3. The van der Waals surface area contributed by atoms with Crippen LogP contribution in [-0.4, -0.2) is 43.6 Å². The Hall–Kier alpha value is -2.41. The van der Waals surface area contributed by atoms with Gasteiger partial charge in [0.25, 0.3) is 5.91 Å². The number of quaternary nitrogens is 1. The van der Waals surface area contributed by atoms with Crippen LogP contribution >= 0.6 is 0 Å². The van der Waals surface area contributed by atoms with Crippen LogP contribution in [0.2, 0.25) is 0 Å². The van der Waals surface area contributed by atoms with E-state index in [1.807, 2.05) is 6.92 Å². The molecular weight excluding hydrogens is 300 g/mol. The number of ether oxygens (including phenoxy) is 2. The molecule has 2 N–H and O–H groups in total. The van der Waals surface area contributed by atoms with E-state index in [2.05, 4.69) is 0 Å². The summed E-state index contributed by atoms with van der Waals surface area (Å²) in [5.74, 6) is -0.305. The van der Waals surface area contributed by atoms with Gasteiger partial charge in [-0.05, 0) is 38.1 Å². The molecule has 23 heavy (non-hydrogen) atoms. The third-order valence-electron chi connectivity index (χ3n) is 3.46. The SMILES string of the molecule is CCOC(=O)C[NH2+][C@H]1CC(=O)N(c2ccc(OCC)cc2)C1=O. The Kier molecular flexibility index (Phi) is 5.70. The number of hydrogen-bond acceptors (Lipinski definition) is 5. The predicted molar refractivity (Wildman–Crippen MR) is 81.9 cm³/mol. The molecule has 2 rings (SSSR count). The minimum atomic E-state index is -0.585.